The summed E-state index contributed by atoms with van der Waals surface area (Å²) in [6, 6.07) is 19.1. The average Bonchev–Trinajstić information content (AvgIpc) is 2.85. The molecule has 3 aromatic rings. The fourth-order valence-corrected chi connectivity index (χ4v) is 3.08. The van der Waals surface area contributed by atoms with E-state index in [9.17, 15) is 9.59 Å². The van der Waals surface area contributed by atoms with E-state index in [2.05, 4.69) is 10.5 Å². The molecule has 0 aliphatic heterocycles. The zero-order valence-corrected chi connectivity index (χ0v) is 19.2. The van der Waals surface area contributed by atoms with Crippen molar-refractivity contribution >= 4 is 18.1 Å². The van der Waals surface area contributed by atoms with Gasteiger partial charge in [0.15, 0.2) is 23.0 Å². The van der Waals surface area contributed by atoms with Gasteiger partial charge in [0.2, 0.25) is 5.91 Å². The van der Waals surface area contributed by atoms with E-state index in [0.29, 0.717) is 35.0 Å². The number of carbonyl (C=O) groups is 2. The Labute approximate surface area is 198 Å². The Kier molecular flexibility index (Phi) is 8.62. The van der Waals surface area contributed by atoms with E-state index in [-0.39, 0.29) is 18.1 Å². The second kappa shape index (κ2) is 12.1. The number of nitrogens with zero attached hydrogens (tertiary/aromatic N) is 1. The van der Waals surface area contributed by atoms with Crippen molar-refractivity contribution in [3.63, 3.8) is 0 Å². The molecule has 0 aliphatic rings. The number of methoxy groups -OCH3 is 2. The molecule has 1 N–H and O–H groups in total. The van der Waals surface area contributed by atoms with E-state index in [1.807, 2.05) is 37.3 Å². The van der Waals surface area contributed by atoms with E-state index in [4.69, 9.17) is 18.9 Å². The first-order valence-corrected chi connectivity index (χ1v) is 10.6. The zero-order chi connectivity index (χ0) is 24.3. The highest BCUT2D eigenvalue weighted by Crippen LogP contribution is 2.31. The van der Waals surface area contributed by atoms with Crippen LogP contribution in [0.25, 0.3) is 0 Å². The number of hydrazone groups is 1. The molecule has 0 unspecified atom stereocenters. The van der Waals surface area contributed by atoms with Gasteiger partial charge in [-0.2, -0.15) is 5.10 Å². The fraction of sp³-hybridized carbons (Fsp3) is 0.192. The maximum Gasteiger partial charge on any atom is 0.343 e. The highest BCUT2D eigenvalue weighted by molar-refractivity contribution is 5.92. The lowest BCUT2D eigenvalue weighted by Gasteiger charge is -2.12. The van der Waals surface area contributed by atoms with Crippen LogP contribution in [0.5, 0.6) is 23.0 Å². The predicted octanol–water partition coefficient (Wildman–Crippen LogP) is 4.01. The Morgan fingerprint density at radius 1 is 0.882 bits per heavy atom. The second-order valence-corrected chi connectivity index (χ2v) is 7.05. The predicted molar refractivity (Wildman–Crippen MR) is 128 cm³/mol. The number of carbonyl (C=O) groups excluding carboxylic acids is 2. The Bertz CT molecular complexity index is 1160. The molecule has 8 nitrogen and oxygen atoms in total. The van der Waals surface area contributed by atoms with E-state index < -0.39 is 5.97 Å². The van der Waals surface area contributed by atoms with Crippen molar-refractivity contribution < 1.29 is 28.5 Å². The summed E-state index contributed by atoms with van der Waals surface area (Å²) >= 11 is 0. The molecule has 0 saturated heterocycles. The number of nitrogens with one attached hydrogen (secondary N) is 1. The van der Waals surface area contributed by atoms with Gasteiger partial charge in [0, 0.05) is 0 Å². The highest BCUT2D eigenvalue weighted by atomic mass is 16.6. The van der Waals surface area contributed by atoms with Gasteiger partial charge in [0.25, 0.3) is 0 Å². The number of ether oxygens (including phenoxy) is 4. The van der Waals surface area contributed by atoms with Gasteiger partial charge in [-0.1, -0.05) is 30.3 Å². The van der Waals surface area contributed by atoms with Crippen molar-refractivity contribution in [2.75, 3.05) is 20.8 Å². The third-order valence-electron chi connectivity index (χ3n) is 4.70. The summed E-state index contributed by atoms with van der Waals surface area (Å²) in [5.41, 5.74) is 4.36. The molecule has 3 aromatic carbocycles. The third kappa shape index (κ3) is 6.59. The molecule has 0 heterocycles. The van der Waals surface area contributed by atoms with Crippen molar-refractivity contribution in [2.24, 2.45) is 5.10 Å². The maximum absolute atomic E-state index is 12.7. The minimum atomic E-state index is -0.573. The van der Waals surface area contributed by atoms with Crippen LogP contribution in [0.2, 0.25) is 0 Å². The van der Waals surface area contributed by atoms with Gasteiger partial charge in [-0.3, -0.25) is 4.79 Å². The number of hydrogen-bond acceptors (Lipinski definition) is 7. The molecule has 8 heteroatoms. The molecular formula is C26H26N2O6. The monoisotopic (exact) mass is 462 g/mol. The summed E-state index contributed by atoms with van der Waals surface area (Å²) < 4.78 is 21.6. The number of benzene rings is 3. The van der Waals surface area contributed by atoms with Gasteiger partial charge >= 0.3 is 5.97 Å². The molecule has 0 atom stereocenters. The topological polar surface area (TPSA) is 95.5 Å². The van der Waals surface area contributed by atoms with Crippen molar-refractivity contribution in [1.82, 2.24) is 5.43 Å². The molecule has 1 amide bonds. The van der Waals surface area contributed by atoms with Crippen LogP contribution >= 0.6 is 0 Å². The standard InChI is InChI=1S/C26H26N2O6/c1-4-33-24-14-19(17-27-28-25(29)15-18-8-6-5-7-9-18)10-12-22(24)34-26(30)20-11-13-21(31-2)23(16-20)32-3/h5-14,16-17H,4,15H2,1-3H3,(H,28,29). The molecular weight excluding hydrogens is 436 g/mol. The second-order valence-electron chi connectivity index (χ2n) is 7.05. The maximum atomic E-state index is 12.7. The summed E-state index contributed by atoms with van der Waals surface area (Å²) in [5, 5.41) is 4.00. The molecule has 3 rings (SSSR count). The minimum Gasteiger partial charge on any atom is -0.493 e. The molecule has 0 aliphatic carbocycles. The van der Waals surface area contributed by atoms with E-state index >= 15 is 0 Å². The van der Waals surface area contributed by atoms with E-state index in [0.717, 1.165) is 5.56 Å². The van der Waals surface area contributed by atoms with Crippen LogP contribution in [0.4, 0.5) is 0 Å². The number of esters is 1. The average molecular weight is 463 g/mol. The lowest BCUT2D eigenvalue weighted by Crippen LogP contribution is -2.19. The lowest BCUT2D eigenvalue weighted by atomic mass is 10.1. The minimum absolute atomic E-state index is 0.229. The molecule has 0 saturated carbocycles. The summed E-state index contributed by atoms with van der Waals surface area (Å²) in [5.74, 6) is 0.753. The molecule has 0 aromatic heterocycles. The van der Waals surface area contributed by atoms with Crippen LogP contribution in [0.15, 0.2) is 71.8 Å². The molecule has 34 heavy (non-hydrogen) atoms. The first kappa shape index (κ1) is 24.3. The van der Waals surface area contributed by atoms with Crippen LogP contribution in [0.3, 0.4) is 0 Å². The summed E-state index contributed by atoms with van der Waals surface area (Å²) in [7, 11) is 3.01. The first-order valence-electron chi connectivity index (χ1n) is 10.6. The summed E-state index contributed by atoms with van der Waals surface area (Å²) in [6.07, 6.45) is 1.72. The Balaban J connectivity index is 1.68. The molecule has 0 fully saturated rings. The lowest BCUT2D eigenvalue weighted by molar-refractivity contribution is -0.120. The molecule has 0 spiro atoms. The van der Waals surface area contributed by atoms with Crippen molar-refractivity contribution in [3.8, 4) is 23.0 Å². The molecule has 0 radical (unpaired) electrons. The van der Waals surface area contributed by atoms with Gasteiger partial charge in [-0.05, 0) is 54.4 Å². The highest BCUT2D eigenvalue weighted by Gasteiger charge is 2.16. The van der Waals surface area contributed by atoms with E-state index in [1.165, 1.54) is 20.4 Å². The molecule has 176 valence electrons. The largest absolute Gasteiger partial charge is 0.493 e. The quantitative estimate of drug-likeness (QED) is 0.212. The number of hydrogen-bond donors (Lipinski definition) is 1. The Hall–Kier alpha value is -4.33. The van der Waals surface area contributed by atoms with Gasteiger partial charge in [0.05, 0.1) is 39.0 Å². The fourth-order valence-electron chi connectivity index (χ4n) is 3.08. The smallest absolute Gasteiger partial charge is 0.343 e. The zero-order valence-electron chi connectivity index (χ0n) is 19.2. The Morgan fingerprint density at radius 2 is 1.62 bits per heavy atom. The van der Waals surface area contributed by atoms with Gasteiger partial charge in [-0.15, -0.1) is 0 Å². The van der Waals surface area contributed by atoms with Gasteiger partial charge < -0.3 is 18.9 Å². The SMILES string of the molecule is CCOc1cc(C=NNC(=O)Cc2ccccc2)ccc1OC(=O)c1ccc(OC)c(OC)c1. The first-order chi connectivity index (χ1) is 16.5. The van der Waals surface area contributed by atoms with E-state index in [1.54, 1.807) is 36.4 Å². The van der Waals surface area contributed by atoms with Crippen molar-refractivity contribution in [2.45, 2.75) is 13.3 Å². The van der Waals surface area contributed by atoms with Crippen LogP contribution in [-0.4, -0.2) is 38.9 Å². The van der Waals surface area contributed by atoms with Crippen LogP contribution < -0.4 is 24.4 Å². The van der Waals surface area contributed by atoms with Crippen LogP contribution in [0, 0.1) is 0 Å². The van der Waals surface area contributed by atoms with Crippen molar-refractivity contribution in [1.29, 1.82) is 0 Å². The number of rotatable bonds is 10. The number of amides is 1. The van der Waals surface area contributed by atoms with Gasteiger partial charge in [-0.25, -0.2) is 10.2 Å². The molecule has 0 bridgehead atoms. The normalized spacial score (nSPS) is 10.6. The van der Waals surface area contributed by atoms with Crippen LogP contribution in [-0.2, 0) is 11.2 Å². The summed E-state index contributed by atoms with van der Waals surface area (Å²) in [4.78, 5) is 24.7. The van der Waals surface area contributed by atoms with Gasteiger partial charge in [0.1, 0.15) is 0 Å². The van der Waals surface area contributed by atoms with Crippen molar-refractivity contribution in [3.05, 3.63) is 83.4 Å². The third-order valence-corrected chi connectivity index (χ3v) is 4.70. The Morgan fingerprint density at radius 3 is 2.32 bits per heavy atom. The summed E-state index contributed by atoms with van der Waals surface area (Å²) in [6.45, 7) is 2.19. The van der Waals surface area contributed by atoms with Crippen LogP contribution in [0.1, 0.15) is 28.4 Å².